The minimum atomic E-state index is 0.822. The lowest BCUT2D eigenvalue weighted by Crippen LogP contribution is -2.16. The van der Waals surface area contributed by atoms with E-state index in [1.54, 1.807) is 11.8 Å². The third kappa shape index (κ3) is 3.02. The van der Waals surface area contributed by atoms with Gasteiger partial charge in [0.25, 0.3) is 5.65 Å². The van der Waals surface area contributed by atoms with Crippen LogP contribution in [0.1, 0.15) is 17.1 Å². The number of aromatic amines is 1. The van der Waals surface area contributed by atoms with Crippen molar-refractivity contribution in [2.75, 3.05) is 0 Å². The standard InChI is InChI=1S/C14H13BrN4S/c1-9-5-10(2)17-14(16-9)20-8-12-7-19-6-11(15)3-4-13(19)18-12/h3-7H,8H2,1-2H3/p+1. The molecule has 0 radical (unpaired) electrons. The lowest BCUT2D eigenvalue weighted by atomic mass is 10.4. The SMILES string of the molecule is Cc1cc(C)nc(SCc2c[n+]3cc(Br)ccc3[nH]2)n1. The Hall–Kier alpha value is -1.40. The zero-order chi connectivity index (χ0) is 14.1. The first kappa shape index (κ1) is 13.6. The van der Waals surface area contributed by atoms with Gasteiger partial charge in [0.05, 0.1) is 10.2 Å². The fourth-order valence-corrected chi connectivity index (χ4v) is 3.24. The molecule has 20 heavy (non-hydrogen) atoms. The first-order valence-corrected chi connectivity index (χ1v) is 8.01. The van der Waals surface area contributed by atoms with E-state index in [0.29, 0.717) is 0 Å². The van der Waals surface area contributed by atoms with E-state index in [1.807, 2.05) is 38.2 Å². The molecule has 0 aromatic carbocycles. The molecule has 3 aromatic rings. The molecule has 102 valence electrons. The second kappa shape index (κ2) is 5.54. The lowest BCUT2D eigenvalue weighted by molar-refractivity contribution is -0.510. The molecule has 0 amide bonds. The Bertz CT molecular complexity index is 749. The molecular weight excluding hydrogens is 336 g/mol. The van der Waals surface area contributed by atoms with E-state index >= 15 is 0 Å². The van der Waals surface area contributed by atoms with E-state index in [1.165, 1.54) is 0 Å². The maximum atomic E-state index is 4.44. The van der Waals surface area contributed by atoms with Gasteiger partial charge in [-0.3, -0.25) is 0 Å². The summed E-state index contributed by atoms with van der Waals surface area (Å²) in [5, 5.41) is 0.826. The van der Waals surface area contributed by atoms with Gasteiger partial charge >= 0.3 is 0 Å². The van der Waals surface area contributed by atoms with Gasteiger partial charge in [-0.05, 0) is 41.9 Å². The summed E-state index contributed by atoms with van der Waals surface area (Å²) in [7, 11) is 0. The summed E-state index contributed by atoms with van der Waals surface area (Å²) in [4.78, 5) is 12.3. The highest BCUT2D eigenvalue weighted by atomic mass is 79.9. The van der Waals surface area contributed by atoms with Crippen molar-refractivity contribution < 1.29 is 4.40 Å². The largest absolute Gasteiger partial charge is 0.284 e. The minimum absolute atomic E-state index is 0.822. The number of hydrogen-bond donors (Lipinski definition) is 1. The summed E-state index contributed by atoms with van der Waals surface area (Å²) in [6.07, 6.45) is 4.13. The van der Waals surface area contributed by atoms with Crippen LogP contribution in [-0.2, 0) is 5.75 Å². The number of rotatable bonds is 3. The number of halogens is 1. The molecule has 0 saturated carbocycles. The average Bonchev–Trinajstić information content (AvgIpc) is 2.77. The second-order valence-electron chi connectivity index (χ2n) is 4.64. The Morgan fingerprint density at radius 3 is 2.70 bits per heavy atom. The summed E-state index contributed by atoms with van der Waals surface area (Å²) < 4.78 is 3.13. The predicted octanol–water partition coefficient (Wildman–Crippen LogP) is 3.22. The number of nitrogens with zero attached hydrogens (tertiary/aromatic N) is 3. The number of aryl methyl sites for hydroxylation is 2. The molecule has 0 aliphatic carbocycles. The number of H-pyrrole nitrogens is 1. The molecule has 4 nitrogen and oxygen atoms in total. The number of nitrogens with one attached hydrogen (secondary N) is 1. The van der Waals surface area contributed by atoms with Crippen molar-refractivity contribution in [3.05, 3.63) is 52.1 Å². The van der Waals surface area contributed by atoms with Crippen LogP contribution in [0.2, 0.25) is 0 Å². The Morgan fingerprint density at radius 1 is 1.20 bits per heavy atom. The van der Waals surface area contributed by atoms with Crippen molar-refractivity contribution >= 4 is 33.3 Å². The Morgan fingerprint density at radius 2 is 1.95 bits per heavy atom. The zero-order valence-corrected chi connectivity index (χ0v) is 13.6. The highest BCUT2D eigenvalue weighted by molar-refractivity contribution is 9.10. The van der Waals surface area contributed by atoms with Gasteiger partial charge in [-0.15, -0.1) is 0 Å². The van der Waals surface area contributed by atoms with Crippen molar-refractivity contribution in [1.29, 1.82) is 0 Å². The summed E-state index contributed by atoms with van der Waals surface area (Å²) in [5.41, 5.74) is 4.24. The summed E-state index contributed by atoms with van der Waals surface area (Å²) in [6.45, 7) is 3.99. The number of thioether (sulfide) groups is 1. The van der Waals surface area contributed by atoms with Crippen LogP contribution in [-0.4, -0.2) is 15.0 Å². The fourth-order valence-electron chi connectivity index (χ4n) is 2.04. The van der Waals surface area contributed by atoms with E-state index in [4.69, 9.17) is 0 Å². The van der Waals surface area contributed by atoms with E-state index < -0.39 is 0 Å². The number of imidazole rings is 1. The molecule has 0 aliphatic heterocycles. The summed E-state index contributed by atoms with van der Waals surface area (Å²) in [5.74, 6) is 0.822. The molecule has 0 atom stereocenters. The highest BCUT2D eigenvalue weighted by Crippen LogP contribution is 2.19. The van der Waals surface area contributed by atoms with Crippen LogP contribution in [0.3, 0.4) is 0 Å². The Balaban J connectivity index is 1.79. The van der Waals surface area contributed by atoms with Gasteiger partial charge in [0.1, 0.15) is 12.4 Å². The van der Waals surface area contributed by atoms with Crippen molar-refractivity contribution in [2.24, 2.45) is 0 Å². The van der Waals surface area contributed by atoms with Crippen LogP contribution in [0.25, 0.3) is 5.65 Å². The van der Waals surface area contributed by atoms with E-state index in [9.17, 15) is 0 Å². The third-order valence-electron chi connectivity index (χ3n) is 2.84. The van der Waals surface area contributed by atoms with Gasteiger partial charge in [-0.1, -0.05) is 11.8 Å². The molecule has 0 aliphatic rings. The zero-order valence-electron chi connectivity index (χ0n) is 11.2. The van der Waals surface area contributed by atoms with Gasteiger partial charge in [0.15, 0.2) is 10.9 Å². The summed E-state index contributed by atoms with van der Waals surface area (Å²) >= 11 is 5.12. The molecule has 0 fully saturated rings. The van der Waals surface area contributed by atoms with Crippen molar-refractivity contribution in [3.8, 4) is 0 Å². The third-order valence-corrected chi connectivity index (χ3v) is 4.21. The molecular formula is C14H14BrN4S+. The molecule has 0 unspecified atom stereocenters. The molecule has 3 aromatic heterocycles. The maximum absolute atomic E-state index is 4.44. The van der Waals surface area contributed by atoms with Crippen molar-refractivity contribution in [1.82, 2.24) is 15.0 Å². The topological polar surface area (TPSA) is 45.7 Å². The quantitative estimate of drug-likeness (QED) is 0.448. The monoisotopic (exact) mass is 349 g/mol. The van der Waals surface area contributed by atoms with Crippen LogP contribution in [0.5, 0.6) is 0 Å². The lowest BCUT2D eigenvalue weighted by Gasteiger charge is -2.00. The van der Waals surface area contributed by atoms with Gasteiger partial charge in [-0.25, -0.2) is 19.4 Å². The van der Waals surface area contributed by atoms with Gasteiger partial charge in [-0.2, -0.15) is 0 Å². The van der Waals surface area contributed by atoms with E-state index in [0.717, 1.165) is 38.1 Å². The molecule has 3 heterocycles. The Kier molecular flexibility index (Phi) is 3.76. The molecule has 6 heteroatoms. The fraction of sp³-hybridized carbons (Fsp3) is 0.214. The first-order valence-electron chi connectivity index (χ1n) is 6.24. The van der Waals surface area contributed by atoms with Crippen LogP contribution in [0, 0.1) is 13.8 Å². The molecule has 1 N–H and O–H groups in total. The molecule has 0 spiro atoms. The van der Waals surface area contributed by atoms with Crippen molar-refractivity contribution in [3.63, 3.8) is 0 Å². The first-order chi connectivity index (χ1) is 9.60. The number of aromatic nitrogens is 4. The molecule has 3 rings (SSSR count). The van der Waals surface area contributed by atoms with E-state index in [2.05, 4.69) is 41.5 Å². The number of fused-ring (bicyclic) bond motifs is 1. The normalized spacial score (nSPS) is 11.2. The van der Waals surface area contributed by atoms with Crippen molar-refractivity contribution in [2.45, 2.75) is 24.8 Å². The average molecular weight is 350 g/mol. The van der Waals surface area contributed by atoms with E-state index in [-0.39, 0.29) is 0 Å². The Labute approximate surface area is 129 Å². The van der Waals surface area contributed by atoms with Crippen LogP contribution >= 0.6 is 27.7 Å². The van der Waals surface area contributed by atoms with Gasteiger partial charge in [0.2, 0.25) is 0 Å². The smallest absolute Gasteiger partial charge is 0.240 e. The number of pyridine rings is 1. The van der Waals surface area contributed by atoms with Gasteiger partial charge in [0, 0.05) is 17.5 Å². The van der Waals surface area contributed by atoms with Gasteiger partial charge < -0.3 is 0 Å². The molecule has 0 saturated heterocycles. The van der Waals surface area contributed by atoms with Crippen LogP contribution in [0.15, 0.2) is 40.2 Å². The maximum Gasteiger partial charge on any atom is 0.284 e. The predicted molar refractivity (Wildman–Crippen MR) is 82.7 cm³/mol. The molecule has 0 bridgehead atoms. The number of hydrogen-bond acceptors (Lipinski definition) is 3. The summed E-state index contributed by atoms with van der Waals surface area (Å²) in [6, 6.07) is 6.06. The van der Waals surface area contributed by atoms with Crippen LogP contribution in [0.4, 0.5) is 0 Å². The minimum Gasteiger partial charge on any atom is -0.240 e. The van der Waals surface area contributed by atoms with Crippen LogP contribution < -0.4 is 4.40 Å². The second-order valence-corrected chi connectivity index (χ2v) is 6.50. The highest BCUT2D eigenvalue weighted by Gasteiger charge is 2.10.